The fraction of sp³-hybridized carbons (Fsp3) is 0.200. The van der Waals surface area contributed by atoms with Crippen molar-refractivity contribution in [3.05, 3.63) is 40.8 Å². The molecule has 1 aromatic carbocycles. The Labute approximate surface area is 128 Å². The molecule has 0 saturated heterocycles. The molecule has 0 N–H and O–H groups in total. The fourth-order valence-electron chi connectivity index (χ4n) is 1.81. The molecule has 2 aromatic rings. The molecule has 0 aliphatic rings. The summed E-state index contributed by atoms with van der Waals surface area (Å²) < 4.78 is 43.5. The van der Waals surface area contributed by atoms with Gasteiger partial charge in [-0.1, -0.05) is 0 Å². The lowest BCUT2D eigenvalue weighted by Gasteiger charge is -2.12. The monoisotopic (exact) mass is 328 g/mol. The Morgan fingerprint density at radius 2 is 1.77 bits per heavy atom. The molecule has 0 spiro atoms. The number of halogens is 3. The molecule has 1 heterocycles. The third-order valence-corrected chi connectivity index (χ3v) is 4.00. The van der Waals surface area contributed by atoms with Crippen LogP contribution >= 0.6 is 11.3 Å². The summed E-state index contributed by atoms with van der Waals surface area (Å²) in [5.74, 6) is -0.793. The van der Waals surface area contributed by atoms with E-state index in [4.69, 9.17) is 4.74 Å². The maximum Gasteiger partial charge on any atom is 0.416 e. The molecule has 0 radical (unpaired) electrons. The molecule has 0 fully saturated rings. The van der Waals surface area contributed by atoms with Crippen molar-refractivity contribution in [2.24, 2.45) is 0 Å². The van der Waals surface area contributed by atoms with Crippen LogP contribution in [0.25, 0.3) is 10.4 Å². The minimum absolute atomic E-state index is 0.0254. The van der Waals surface area contributed by atoms with E-state index in [9.17, 15) is 22.8 Å². The predicted octanol–water partition coefficient (Wildman–Crippen LogP) is 4.56. The second-order valence-electron chi connectivity index (χ2n) is 4.52. The molecule has 0 unspecified atom stereocenters. The number of carbonyl (C=O) groups is 2. The van der Waals surface area contributed by atoms with Gasteiger partial charge in [-0.2, -0.15) is 13.2 Å². The second kappa shape index (κ2) is 5.92. The zero-order valence-electron chi connectivity index (χ0n) is 11.7. The SMILES string of the molecule is CC(=O)Oc1ccc(C(F)(F)F)cc1-c1ccc(C(C)=O)s1. The number of rotatable bonds is 3. The van der Waals surface area contributed by atoms with Crippen molar-refractivity contribution in [1.29, 1.82) is 0 Å². The van der Waals surface area contributed by atoms with Crippen LogP contribution in [0, 0.1) is 0 Å². The van der Waals surface area contributed by atoms with Gasteiger partial charge < -0.3 is 4.74 Å². The molecular formula is C15H11F3O3S. The minimum Gasteiger partial charge on any atom is -0.426 e. The van der Waals surface area contributed by atoms with Gasteiger partial charge in [0.2, 0.25) is 0 Å². The molecule has 116 valence electrons. The summed E-state index contributed by atoms with van der Waals surface area (Å²) >= 11 is 1.05. The molecule has 7 heteroatoms. The molecule has 22 heavy (non-hydrogen) atoms. The van der Waals surface area contributed by atoms with Gasteiger partial charge >= 0.3 is 12.1 Å². The Hall–Kier alpha value is -2.15. The first-order valence-corrected chi connectivity index (χ1v) is 7.01. The molecule has 0 aliphatic carbocycles. The summed E-state index contributed by atoms with van der Waals surface area (Å²) in [6.45, 7) is 2.53. The van der Waals surface area contributed by atoms with Gasteiger partial charge in [-0.3, -0.25) is 9.59 Å². The summed E-state index contributed by atoms with van der Waals surface area (Å²) in [6.07, 6.45) is -4.51. The summed E-state index contributed by atoms with van der Waals surface area (Å²) in [5, 5.41) is 0. The standard InChI is InChI=1S/C15H11F3O3S/c1-8(19)13-5-6-14(22-13)11-7-10(15(16,17)18)3-4-12(11)21-9(2)20/h3-7H,1-2H3. The van der Waals surface area contributed by atoms with Crippen LogP contribution in [0.1, 0.15) is 29.1 Å². The number of hydrogen-bond donors (Lipinski definition) is 0. The third-order valence-electron chi connectivity index (χ3n) is 2.78. The average molecular weight is 328 g/mol. The van der Waals surface area contributed by atoms with Gasteiger partial charge in [0, 0.05) is 17.4 Å². The maximum absolute atomic E-state index is 12.9. The number of thiophene rings is 1. The highest BCUT2D eigenvalue weighted by Crippen LogP contribution is 2.39. The van der Waals surface area contributed by atoms with E-state index in [-0.39, 0.29) is 17.1 Å². The number of Topliss-reactive ketones (excluding diaryl/α,β-unsaturated/α-hetero) is 1. The van der Waals surface area contributed by atoms with Crippen LogP contribution in [0.15, 0.2) is 30.3 Å². The fourth-order valence-corrected chi connectivity index (χ4v) is 2.74. The normalized spacial score (nSPS) is 11.3. The first kappa shape index (κ1) is 16.2. The number of carbonyl (C=O) groups excluding carboxylic acids is 2. The predicted molar refractivity (Wildman–Crippen MR) is 76.1 cm³/mol. The molecule has 0 atom stereocenters. The Balaban J connectivity index is 2.57. The molecule has 3 nitrogen and oxygen atoms in total. The quantitative estimate of drug-likeness (QED) is 0.471. The second-order valence-corrected chi connectivity index (χ2v) is 5.61. The van der Waals surface area contributed by atoms with Crippen molar-refractivity contribution in [1.82, 2.24) is 0 Å². The largest absolute Gasteiger partial charge is 0.426 e. The van der Waals surface area contributed by atoms with E-state index in [1.807, 2.05) is 0 Å². The first-order valence-electron chi connectivity index (χ1n) is 6.19. The molecule has 0 amide bonds. The summed E-state index contributed by atoms with van der Waals surface area (Å²) in [6, 6.07) is 5.92. The molecule has 1 aromatic heterocycles. The van der Waals surface area contributed by atoms with E-state index in [2.05, 4.69) is 0 Å². The molecular weight excluding hydrogens is 317 g/mol. The highest BCUT2D eigenvalue weighted by atomic mass is 32.1. The number of ketones is 1. The Kier molecular flexibility index (Phi) is 4.37. The highest BCUT2D eigenvalue weighted by molar-refractivity contribution is 7.17. The lowest BCUT2D eigenvalue weighted by molar-refractivity contribution is -0.137. The van der Waals surface area contributed by atoms with E-state index in [0.717, 1.165) is 36.5 Å². The van der Waals surface area contributed by atoms with Crippen LogP contribution in [0.3, 0.4) is 0 Å². The number of hydrogen-bond acceptors (Lipinski definition) is 4. The number of benzene rings is 1. The van der Waals surface area contributed by atoms with Crippen molar-refractivity contribution in [3.8, 4) is 16.2 Å². The topological polar surface area (TPSA) is 43.4 Å². The Morgan fingerprint density at radius 3 is 2.27 bits per heavy atom. The Bertz CT molecular complexity index is 732. The van der Waals surface area contributed by atoms with Crippen LogP contribution in [0.2, 0.25) is 0 Å². The lowest BCUT2D eigenvalue weighted by atomic mass is 10.1. The zero-order chi connectivity index (χ0) is 16.5. The van der Waals surface area contributed by atoms with Gasteiger partial charge in [-0.15, -0.1) is 11.3 Å². The number of alkyl halides is 3. The van der Waals surface area contributed by atoms with Gasteiger partial charge in [0.25, 0.3) is 0 Å². The maximum atomic E-state index is 12.9. The third kappa shape index (κ3) is 3.54. The lowest BCUT2D eigenvalue weighted by Crippen LogP contribution is -2.07. The van der Waals surface area contributed by atoms with Crippen molar-refractivity contribution in [3.63, 3.8) is 0 Å². The zero-order valence-corrected chi connectivity index (χ0v) is 12.5. The number of ether oxygens (including phenoxy) is 1. The molecule has 2 rings (SSSR count). The summed E-state index contributed by atoms with van der Waals surface area (Å²) in [4.78, 5) is 23.3. The van der Waals surface area contributed by atoms with E-state index in [0.29, 0.717) is 9.75 Å². The summed E-state index contributed by atoms with van der Waals surface area (Å²) in [5.41, 5.74) is -0.723. The van der Waals surface area contributed by atoms with Crippen molar-refractivity contribution in [2.45, 2.75) is 20.0 Å². The van der Waals surface area contributed by atoms with E-state index >= 15 is 0 Å². The average Bonchev–Trinajstić information content (AvgIpc) is 2.86. The molecule has 0 bridgehead atoms. The van der Waals surface area contributed by atoms with E-state index in [1.54, 1.807) is 0 Å². The number of esters is 1. The highest BCUT2D eigenvalue weighted by Gasteiger charge is 2.31. The van der Waals surface area contributed by atoms with Crippen molar-refractivity contribution < 1.29 is 27.5 Å². The van der Waals surface area contributed by atoms with Crippen molar-refractivity contribution in [2.75, 3.05) is 0 Å². The minimum atomic E-state index is -4.51. The van der Waals surface area contributed by atoms with E-state index in [1.165, 1.54) is 19.1 Å². The van der Waals surface area contributed by atoms with Gasteiger partial charge in [-0.05, 0) is 37.3 Å². The van der Waals surface area contributed by atoms with Crippen LogP contribution in [0.4, 0.5) is 13.2 Å². The molecule has 0 saturated carbocycles. The van der Waals surface area contributed by atoms with Crippen LogP contribution in [-0.2, 0) is 11.0 Å². The van der Waals surface area contributed by atoms with Crippen molar-refractivity contribution >= 4 is 23.1 Å². The van der Waals surface area contributed by atoms with E-state index < -0.39 is 17.7 Å². The Morgan fingerprint density at radius 1 is 1.09 bits per heavy atom. The van der Waals surface area contributed by atoms with Gasteiger partial charge in [0.15, 0.2) is 5.78 Å². The van der Waals surface area contributed by atoms with Gasteiger partial charge in [0.1, 0.15) is 5.75 Å². The van der Waals surface area contributed by atoms with Crippen LogP contribution in [-0.4, -0.2) is 11.8 Å². The smallest absolute Gasteiger partial charge is 0.416 e. The summed E-state index contributed by atoms with van der Waals surface area (Å²) in [7, 11) is 0. The van der Waals surface area contributed by atoms with Gasteiger partial charge in [0.05, 0.1) is 10.4 Å². The first-order chi connectivity index (χ1) is 10.2. The van der Waals surface area contributed by atoms with Crippen LogP contribution in [0.5, 0.6) is 5.75 Å². The molecule has 0 aliphatic heterocycles. The van der Waals surface area contributed by atoms with Crippen LogP contribution < -0.4 is 4.74 Å². The van der Waals surface area contributed by atoms with Gasteiger partial charge in [-0.25, -0.2) is 0 Å².